The molecule has 7 heteroatoms. The smallest absolute Gasteiger partial charge is 0.264 e. The number of hydrogen-bond acceptors (Lipinski definition) is 4. The minimum atomic E-state index is -3.72. The zero-order valence-electron chi connectivity index (χ0n) is 17.8. The van der Waals surface area contributed by atoms with Crippen LogP contribution in [0.25, 0.3) is 0 Å². The second kappa shape index (κ2) is 9.66. The van der Waals surface area contributed by atoms with E-state index in [4.69, 9.17) is 4.74 Å². The molecule has 0 bridgehead atoms. The maximum atomic E-state index is 12.8. The quantitative estimate of drug-likeness (QED) is 0.576. The van der Waals surface area contributed by atoms with Gasteiger partial charge in [-0.1, -0.05) is 42.0 Å². The van der Waals surface area contributed by atoms with Gasteiger partial charge in [-0.15, -0.1) is 0 Å². The number of benzene rings is 3. The van der Waals surface area contributed by atoms with Crippen LogP contribution < -0.4 is 14.4 Å². The molecule has 0 aliphatic heterocycles. The standard InChI is InChI=1S/C24H26N2O4S/c1-18-12-14-22(15-13-18)30-17-19(2)25-24(27)20-8-7-9-21(16-20)26(3)31(28,29)23-10-5-4-6-11-23/h4-16,19H,17H2,1-3H3,(H,25,27)/t19-/m0/s1. The van der Waals surface area contributed by atoms with Gasteiger partial charge in [-0.05, 0) is 56.3 Å². The van der Waals surface area contributed by atoms with E-state index in [-0.39, 0.29) is 16.8 Å². The highest BCUT2D eigenvalue weighted by Crippen LogP contribution is 2.23. The van der Waals surface area contributed by atoms with Gasteiger partial charge in [-0.25, -0.2) is 8.42 Å². The Kier molecular flexibility index (Phi) is 6.97. The highest BCUT2D eigenvalue weighted by atomic mass is 32.2. The fourth-order valence-corrected chi connectivity index (χ4v) is 4.15. The Morgan fingerprint density at radius 3 is 2.35 bits per heavy atom. The molecule has 0 aliphatic carbocycles. The molecule has 162 valence electrons. The number of anilines is 1. The third-order valence-corrected chi connectivity index (χ3v) is 6.57. The van der Waals surface area contributed by atoms with Crippen molar-refractivity contribution < 1.29 is 17.9 Å². The molecule has 0 heterocycles. The lowest BCUT2D eigenvalue weighted by Crippen LogP contribution is -2.37. The summed E-state index contributed by atoms with van der Waals surface area (Å²) in [4.78, 5) is 12.9. The number of aryl methyl sites for hydroxylation is 1. The van der Waals surface area contributed by atoms with Gasteiger partial charge in [0, 0.05) is 12.6 Å². The van der Waals surface area contributed by atoms with E-state index in [1.54, 1.807) is 42.5 Å². The third-order valence-electron chi connectivity index (χ3n) is 4.77. The molecule has 0 aromatic heterocycles. The number of nitrogens with zero attached hydrogens (tertiary/aromatic N) is 1. The molecule has 31 heavy (non-hydrogen) atoms. The first-order valence-electron chi connectivity index (χ1n) is 9.92. The largest absolute Gasteiger partial charge is 0.491 e. The maximum Gasteiger partial charge on any atom is 0.264 e. The second-order valence-electron chi connectivity index (χ2n) is 7.33. The molecule has 0 radical (unpaired) electrons. The molecule has 0 saturated carbocycles. The normalized spacial score (nSPS) is 12.1. The monoisotopic (exact) mass is 438 g/mol. The molecule has 1 atom stereocenters. The molecule has 3 aromatic carbocycles. The lowest BCUT2D eigenvalue weighted by atomic mass is 10.2. The summed E-state index contributed by atoms with van der Waals surface area (Å²) in [7, 11) is -2.25. The Bertz CT molecular complexity index is 1130. The van der Waals surface area contributed by atoms with E-state index >= 15 is 0 Å². The first kappa shape index (κ1) is 22.4. The zero-order chi connectivity index (χ0) is 22.4. The van der Waals surface area contributed by atoms with E-state index in [9.17, 15) is 13.2 Å². The van der Waals surface area contributed by atoms with Gasteiger partial charge in [-0.2, -0.15) is 0 Å². The van der Waals surface area contributed by atoms with E-state index in [0.29, 0.717) is 17.9 Å². The van der Waals surface area contributed by atoms with Crippen molar-refractivity contribution in [2.45, 2.75) is 24.8 Å². The van der Waals surface area contributed by atoms with Crippen molar-refractivity contribution in [3.8, 4) is 5.75 Å². The highest BCUT2D eigenvalue weighted by Gasteiger charge is 2.22. The summed E-state index contributed by atoms with van der Waals surface area (Å²) in [5, 5.41) is 2.88. The van der Waals surface area contributed by atoms with Crippen LogP contribution in [0.1, 0.15) is 22.8 Å². The van der Waals surface area contributed by atoms with Gasteiger partial charge < -0.3 is 10.1 Å². The molecule has 0 fully saturated rings. The molecule has 0 spiro atoms. The van der Waals surface area contributed by atoms with Crippen molar-refractivity contribution >= 4 is 21.6 Å². The van der Waals surface area contributed by atoms with Gasteiger partial charge in [-0.3, -0.25) is 9.10 Å². The zero-order valence-corrected chi connectivity index (χ0v) is 18.6. The number of amides is 1. The van der Waals surface area contributed by atoms with Crippen LogP contribution in [-0.4, -0.2) is 34.0 Å². The first-order valence-corrected chi connectivity index (χ1v) is 11.4. The minimum Gasteiger partial charge on any atom is -0.491 e. The molecule has 0 aliphatic rings. The fraction of sp³-hybridized carbons (Fsp3) is 0.208. The maximum absolute atomic E-state index is 12.8. The summed E-state index contributed by atoms with van der Waals surface area (Å²) in [6, 6.07) is 22.2. The lowest BCUT2D eigenvalue weighted by Gasteiger charge is -2.20. The molecule has 3 rings (SSSR count). The number of ether oxygens (including phenoxy) is 1. The van der Waals surface area contributed by atoms with Crippen molar-refractivity contribution in [2.24, 2.45) is 0 Å². The number of sulfonamides is 1. The van der Waals surface area contributed by atoms with Crippen LogP contribution in [0.4, 0.5) is 5.69 Å². The van der Waals surface area contributed by atoms with Gasteiger partial charge in [0.25, 0.3) is 15.9 Å². The molecular weight excluding hydrogens is 412 g/mol. The van der Waals surface area contributed by atoms with Crippen LogP contribution in [0.2, 0.25) is 0 Å². The van der Waals surface area contributed by atoms with E-state index in [2.05, 4.69) is 5.32 Å². The Morgan fingerprint density at radius 2 is 1.68 bits per heavy atom. The van der Waals surface area contributed by atoms with Crippen LogP contribution in [0.5, 0.6) is 5.75 Å². The van der Waals surface area contributed by atoms with Crippen molar-refractivity contribution in [3.63, 3.8) is 0 Å². The number of rotatable bonds is 8. The summed E-state index contributed by atoms with van der Waals surface area (Å²) in [5.74, 6) is 0.439. The highest BCUT2D eigenvalue weighted by molar-refractivity contribution is 7.92. The topological polar surface area (TPSA) is 75.7 Å². The molecule has 1 amide bonds. The first-order chi connectivity index (χ1) is 14.8. The molecule has 0 unspecified atom stereocenters. The predicted octanol–water partition coefficient (Wildman–Crippen LogP) is 4.02. The van der Waals surface area contributed by atoms with Crippen LogP contribution in [0.3, 0.4) is 0 Å². The molecule has 6 nitrogen and oxygen atoms in total. The summed E-state index contributed by atoms with van der Waals surface area (Å²) in [6.07, 6.45) is 0. The SMILES string of the molecule is Cc1ccc(OC[C@H](C)NC(=O)c2cccc(N(C)S(=O)(=O)c3ccccc3)c2)cc1. The number of carbonyl (C=O) groups is 1. The van der Waals surface area contributed by atoms with E-state index < -0.39 is 10.0 Å². The summed E-state index contributed by atoms with van der Waals surface area (Å²) in [5.41, 5.74) is 1.92. The Balaban J connectivity index is 1.66. The average molecular weight is 439 g/mol. The molecule has 1 N–H and O–H groups in total. The van der Waals surface area contributed by atoms with E-state index in [0.717, 1.165) is 11.3 Å². The van der Waals surface area contributed by atoms with Crippen molar-refractivity contribution in [1.82, 2.24) is 5.32 Å². The predicted molar refractivity (Wildman–Crippen MR) is 122 cm³/mol. The second-order valence-corrected chi connectivity index (χ2v) is 9.30. The van der Waals surface area contributed by atoms with Crippen LogP contribution in [-0.2, 0) is 10.0 Å². The number of carbonyl (C=O) groups excluding carboxylic acids is 1. The minimum absolute atomic E-state index is 0.189. The summed E-state index contributed by atoms with van der Waals surface area (Å²) in [6.45, 7) is 4.17. The third kappa shape index (κ3) is 5.64. The van der Waals surface area contributed by atoms with E-state index in [1.165, 1.54) is 23.5 Å². The lowest BCUT2D eigenvalue weighted by molar-refractivity contribution is 0.0926. The van der Waals surface area contributed by atoms with E-state index in [1.807, 2.05) is 38.1 Å². The van der Waals surface area contributed by atoms with Crippen molar-refractivity contribution in [1.29, 1.82) is 0 Å². The number of nitrogens with one attached hydrogen (secondary N) is 1. The fourth-order valence-electron chi connectivity index (χ4n) is 2.94. The Labute approximate surface area is 183 Å². The van der Waals surface area contributed by atoms with Gasteiger partial charge in [0.05, 0.1) is 16.6 Å². The average Bonchev–Trinajstić information content (AvgIpc) is 2.78. The van der Waals surface area contributed by atoms with Crippen LogP contribution in [0, 0.1) is 6.92 Å². The molecule has 0 saturated heterocycles. The Morgan fingerprint density at radius 1 is 1.00 bits per heavy atom. The molecular formula is C24H26N2O4S. The number of hydrogen-bond donors (Lipinski definition) is 1. The summed E-state index contributed by atoms with van der Waals surface area (Å²) >= 11 is 0. The van der Waals surface area contributed by atoms with Crippen molar-refractivity contribution in [3.05, 3.63) is 90.0 Å². The summed E-state index contributed by atoms with van der Waals surface area (Å²) < 4.78 is 32.6. The van der Waals surface area contributed by atoms with Gasteiger partial charge in [0.15, 0.2) is 0 Å². The van der Waals surface area contributed by atoms with Gasteiger partial charge in [0.2, 0.25) is 0 Å². The Hall–Kier alpha value is -3.32. The molecule has 3 aromatic rings. The van der Waals surface area contributed by atoms with Crippen molar-refractivity contribution in [2.75, 3.05) is 18.0 Å². The van der Waals surface area contributed by atoms with Crippen LogP contribution >= 0.6 is 0 Å². The van der Waals surface area contributed by atoms with Crippen LogP contribution in [0.15, 0.2) is 83.8 Å². The van der Waals surface area contributed by atoms with Gasteiger partial charge >= 0.3 is 0 Å². The van der Waals surface area contributed by atoms with Gasteiger partial charge in [0.1, 0.15) is 12.4 Å².